The minimum Gasteiger partial charge on any atom is -0.482 e. The second kappa shape index (κ2) is 9.58. The number of nitrogens with one attached hydrogen (secondary N) is 1. The van der Waals surface area contributed by atoms with Crippen LogP contribution in [0.3, 0.4) is 0 Å². The fourth-order valence-corrected chi connectivity index (χ4v) is 5.21. The van der Waals surface area contributed by atoms with Gasteiger partial charge in [-0.05, 0) is 79.9 Å². The van der Waals surface area contributed by atoms with Crippen LogP contribution < -0.4 is 10.1 Å². The van der Waals surface area contributed by atoms with Crippen LogP contribution in [0.2, 0.25) is 0 Å². The molecule has 0 aliphatic rings. The molecule has 0 saturated carbocycles. The van der Waals surface area contributed by atoms with E-state index in [1.807, 2.05) is 12.1 Å². The zero-order valence-electron chi connectivity index (χ0n) is 10.9. The minimum atomic E-state index is -0.447. The second-order valence-electron chi connectivity index (χ2n) is 3.69. The molecule has 1 N–H and O–H groups in total. The first kappa shape index (κ1) is 18.6. The second-order valence-corrected chi connectivity index (χ2v) is 7.26. The van der Waals surface area contributed by atoms with Crippen LogP contribution in [0.15, 0.2) is 12.1 Å². The molecule has 0 fully saturated rings. The van der Waals surface area contributed by atoms with Gasteiger partial charge < -0.3 is 19.5 Å². The van der Waals surface area contributed by atoms with Gasteiger partial charge >= 0.3 is 0 Å². The summed E-state index contributed by atoms with van der Waals surface area (Å²) < 4.78 is 18.6. The van der Waals surface area contributed by atoms with Crippen LogP contribution in [-0.2, 0) is 14.3 Å². The van der Waals surface area contributed by atoms with Crippen molar-refractivity contribution < 1.29 is 19.0 Å². The monoisotopic (exact) mass is 617 g/mol. The Morgan fingerprint density at radius 2 is 1.75 bits per heavy atom. The number of halogens is 3. The third-order valence-corrected chi connectivity index (χ3v) is 4.53. The van der Waals surface area contributed by atoms with Gasteiger partial charge in [-0.1, -0.05) is 0 Å². The summed E-state index contributed by atoms with van der Waals surface area (Å²) in [5.41, 5.74) is 0. The maximum atomic E-state index is 11.7. The Morgan fingerprint density at radius 1 is 1.20 bits per heavy atom. The molecule has 0 aliphatic heterocycles. The molecule has 0 unspecified atom stereocenters. The number of hydrogen-bond donors (Lipinski definition) is 1. The van der Waals surface area contributed by atoms with Crippen molar-refractivity contribution in [2.75, 3.05) is 27.4 Å². The van der Waals surface area contributed by atoms with Gasteiger partial charge in [0.1, 0.15) is 5.75 Å². The lowest BCUT2D eigenvalue weighted by Gasteiger charge is -2.15. The van der Waals surface area contributed by atoms with Crippen LogP contribution in [0.25, 0.3) is 0 Å². The number of methoxy groups -OCH3 is 2. The smallest absolute Gasteiger partial charge is 0.258 e. The lowest BCUT2D eigenvalue weighted by atomic mass is 10.3. The summed E-state index contributed by atoms with van der Waals surface area (Å²) in [5.74, 6) is 0.519. The number of carbonyl (C=O) groups excluding carboxylic acids is 1. The van der Waals surface area contributed by atoms with Crippen LogP contribution in [0.1, 0.15) is 0 Å². The van der Waals surface area contributed by atoms with Crippen molar-refractivity contribution in [3.8, 4) is 5.75 Å². The number of benzene rings is 1. The topological polar surface area (TPSA) is 56.8 Å². The van der Waals surface area contributed by atoms with Gasteiger partial charge in [-0.15, -0.1) is 0 Å². The number of carbonyl (C=O) groups is 1. The summed E-state index contributed by atoms with van der Waals surface area (Å²) >= 11 is 6.64. The fraction of sp³-hybridized carbons (Fsp3) is 0.417. The Kier molecular flexibility index (Phi) is 8.94. The van der Waals surface area contributed by atoms with Gasteiger partial charge in [-0.2, -0.15) is 0 Å². The summed E-state index contributed by atoms with van der Waals surface area (Å²) in [4.78, 5) is 11.7. The van der Waals surface area contributed by atoms with Gasteiger partial charge in [-0.25, -0.2) is 0 Å². The van der Waals surface area contributed by atoms with Crippen LogP contribution >= 0.6 is 67.8 Å². The van der Waals surface area contributed by atoms with E-state index in [1.165, 1.54) is 14.2 Å². The van der Waals surface area contributed by atoms with Crippen molar-refractivity contribution >= 4 is 73.7 Å². The number of hydrogen-bond acceptors (Lipinski definition) is 4. The van der Waals surface area contributed by atoms with E-state index in [-0.39, 0.29) is 19.1 Å². The molecule has 0 spiro atoms. The molecule has 1 aromatic carbocycles. The lowest BCUT2D eigenvalue weighted by molar-refractivity contribution is -0.129. The highest BCUT2D eigenvalue weighted by Gasteiger charge is 2.12. The predicted octanol–water partition coefficient (Wildman–Crippen LogP) is 2.61. The molecule has 20 heavy (non-hydrogen) atoms. The lowest BCUT2D eigenvalue weighted by Crippen LogP contribution is -2.36. The molecular formula is C12H14I3NO4. The first-order chi connectivity index (χ1) is 9.47. The van der Waals surface area contributed by atoms with E-state index in [4.69, 9.17) is 14.2 Å². The molecule has 0 aromatic heterocycles. The van der Waals surface area contributed by atoms with E-state index in [2.05, 4.69) is 73.1 Å². The molecule has 0 radical (unpaired) electrons. The summed E-state index contributed by atoms with van der Waals surface area (Å²) in [6, 6.07) is 4.00. The van der Waals surface area contributed by atoms with Crippen molar-refractivity contribution in [1.82, 2.24) is 5.32 Å². The maximum Gasteiger partial charge on any atom is 0.258 e. The molecule has 1 amide bonds. The molecular weight excluding hydrogens is 603 g/mol. The van der Waals surface area contributed by atoms with E-state index in [0.717, 1.165) is 16.5 Å². The Hall–Kier alpha value is 0.600. The molecule has 1 aromatic rings. The van der Waals surface area contributed by atoms with Crippen LogP contribution in [0.4, 0.5) is 0 Å². The van der Waals surface area contributed by atoms with E-state index < -0.39 is 6.29 Å². The first-order valence-electron chi connectivity index (χ1n) is 5.57. The zero-order chi connectivity index (χ0) is 15.1. The van der Waals surface area contributed by atoms with E-state index >= 15 is 0 Å². The summed E-state index contributed by atoms with van der Waals surface area (Å²) in [6.45, 7) is 0.253. The Bertz CT molecular complexity index is 443. The number of amides is 1. The molecule has 5 nitrogen and oxygen atoms in total. The minimum absolute atomic E-state index is 0.0350. The summed E-state index contributed by atoms with van der Waals surface area (Å²) in [6.07, 6.45) is -0.447. The van der Waals surface area contributed by atoms with E-state index in [1.54, 1.807) is 0 Å². The maximum absolute atomic E-state index is 11.7. The quantitative estimate of drug-likeness (QED) is 0.378. The SMILES string of the molecule is COC(CNC(=O)COc1c(I)cc(I)cc1I)OC. The van der Waals surface area contributed by atoms with Crippen LogP contribution in [-0.4, -0.2) is 39.6 Å². The molecule has 0 heterocycles. The molecule has 0 saturated heterocycles. The highest BCUT2D eigenvalue weighted by atomic mass is 127. The third-order valence-electron chi connectivity index (χ3n) is 2.30. The molecule has 0 aliphatic carbocycles. The molecule has 1 rings (SSSR count). The van der Waals surface area contributed by atoms with Gasteiger partial charge in [0.2, 0.25) is 0 Å². The Balaban J connectivity index is 2.49. The predicted molar refractivity (Wildman–Crippen MR) is 101 cm³/mol. The average molecular weight is 617 g/mol. The average Bonchev–Trinajstić information content (AvgIpc) is 2.38. The molecule has 112 valence electrons. The van der Waals surface area contributed by atoms with Gasteiger partial charge in [0.05, 0.1) is 13.7 Å². The van der Waals surface area contributed by atoms with Gasteiger partial charge in [0, 0.05) is 17.8 Å². The van der Waals surface area contributed by atoms with Crippen molar-refractivity contribution in [1.29, 1.82) is 0 Å². The largest absolute Gasteiger partial charge is 0.482 e. The standard InChI is InChI=1S/C12H14I3NO4/c1-18-11(19-2)5-16-10(17)6-20-12-8(14)3-7(13)4-9(12)15/h3-4,11H,5-6H2,1-2H3,(H,16,17). The Morgan fingerprint density at radius 3 is 2.25 bits per heavy atom. The van der Waals surface area contributed by atoms with Gasteiger partial charge in [-0.3, -0.25) is 4.79 Å². The first-order valence-corrected chi connectivity index (χ1v) is 8.81. The highest BCUT2D eigenvalue weighted by molar-refractivity contribution is 14.1. The summed E-state index contributed by atoms with van der Waals surface area (Å²) in [7, 11) is 3.04. The Labute approximate surface area is 158 Å². The zero-order valence-corrected chi connectivity index (χ0v) is 17.4. The molecule has 0 bridgehead atoms. The normalized spacial score (nSPS) is 10.7. The number of ether oxygens (including phenoxy) is 3. The number of rotatable bonds is 7. The third kappa shape index (κ3) is 6.15. The summed E-state index contributed by atoms with van der Waals surface area (Å²) in [5, 5.41) is 2.68. The van der Waals surface area contributed by atoms with Crippen molar-refractivity contribution in [3.05, 3.63) is 22.8 Å². The van der Waals surface area contributed by atoms with Gasteiger partial charge in [0.25, 0.3) is 5.91 Å². The van der Waals surface area contributed by atoms with Crippen LogP contribution in [0, 0.1) is 10.7 Å². The van der Waals surface area contributed by atoms with E-state index in [9.17, 15) is 4.79 Å². The van der Waals surface area contributed by atoms with Crippen molar-refractivity contribution in [2.45, 2.75) is 6.29 Å². The molecule has 8 heteroatoms. The van der Waals surface area contributed by atoms with Gasteiger partial charge in [0.15, 0.2) is 12.9 Å². The van der Waals surface area contributed by atoms with Crippen molar-refractivity contribution in [3.63, 3.8) is 0 Å². The van der Waals surface area contributed by atoms with E-state index in [0.29, 0.717) is 0 Å². The highest BCUT2D eigenvalue weighted by Crippen LogP contribution is 2.29. The van der Waals surface area contributed by atoms with Crippen LogP contribution in [0.5, 0.6) is 5.75 Å². The van der Waals surface area contributed by atoms with Crippen molar-refractivity contribution in [2.24, 2.45) is 0 Å². The molecule has 0 atom stereocenters. The fourth-order valence-electron chi connectivity index (χ4n) is 1.32.